The van der Waals surface area contributed by atoms with Crippen LogP contribution < -0.4 is 4.90 Å². The molecule has 3 rings (SSSR count). The molecule has 0 spiro atoms. The molecule has 7 nitrogen and oxygen atoms in total. The van der Waals surface area contributed by atoms with Gasteiger partial charge in [-0.3, -0.25) is 9.78 Å². The van der Waals surface area contributed by atoms with Gasteiger partial charge in [-0.15, -0.1) is 0 Å². The van der Waals surface area contributed by atoms with Crippen LogP contribution >= 0.6 is 0 Å². The van der Waals surface area contributed by atoms with E-state index in [2.05, 4.69) is 14.9 Å². The second-order valence-electron chi connectivity index (χ2n) is 6.33. The van der Waals surface area contributed by atoms with E-state index in [0.29, 0.717) is 42.2 Å². The van der Waals surface area contributed by atoms with E-state index in [9.17, 15) is 9.59 Å². The number of pyridine rings is 1. The van der Waals surface area contributed by atoms with Crippen LogP contribution in [0.1, 0.15) is 39.0 Å². The number of H-pyrrole nitrogens is 1. The fourth-order valence-corrected chi connectivity index (χ4v) is 3.35. The molecule has 1 saturated heterocycles. The highest BCUT2D eigenvalue weighted by Gasteiger charge is 2.28. The predicted molar refractivity (Wildman–Crippen MR) is 98.6 cm³/mol. The molecule has 1 amide bonds. The highest BCUT2D eigenvalue weighted by atomic mass is 16.5. The smallest absolute Gasteiger partial charge is 0.340 e. The Morgan fingerprint density at radius 2 is 1.81 bits per heavy atom. The molecule has 0 bridgehead atoms. The van der Waals surface area contributed by atoms with E-state index < -0.39 is 0 Å². The lowest BCUT2D eigenvalue weighted by atomic mass is 10.1. The second-order valence-corrected chi connectivity index (χ2v) is 6.33. The van der Waals surface area contributed by atoms with Crippen molar-refractivity contribution in [3.05, 3.63) is 47.0 Å². The number of aromatic nitrogens is 2. The molecular formula is C19H24N4O3. The van der Waals surface area contributed by atoms with Crippen molar-refractivity contribution in [2.24, 2.45) is 0 Å². The molecule has 0 atom stereocenters. The molecule has 2 aromatic heterocycles. The Balaban J connectivity index is 1.71. The number of rotatable bonds is 4. The molecule has 0 unspecified atom stereocenters. The molecule has 0 radical (unpaired) electrons. The maximum absolute atomic E-state index is 12.9. The van der Waals surface area contributed by atoms with Crippen molar-refractivity contribution in [1.82, 2.24) is 14.9 Å². The minimum atomic E-state index is -0.389. The summed E-state index contributed by atoms with van der Waals surface area (Å²) in [6.45, 7) is 8.44. The zero-order valence-electron chi connectivity index (χ0n) is 15.4. The van der Waals surface area contributed by atoms with Crippen molar-refractivity contribution in [3.63, 3.8) is 0 Å². The van der Waals surface area contributed by atoms with Gasteiger partial charge in [0.05, 0.1) is 12.2 Å². The van der Waals surface area contributed by atoms with Crippen LogP contribution in [-0.4, -0.2) is 59.5 Å². The van der Waals surface area contributed by atoms with Gasteiger partial charge in [-0.2, -0.15) is 0 Å². The maximum Gasteiger partial charge on any atom is 0.340 e. The number of nitrogens with zero attached hydrogens (tertiary/aromatic N) is 3. The lowest BCUT2D eigenvalue weighted by Gasteiger charge is -2.36. The van der Waals surface area contributed by atoms with Gasteiger partial charge in [0.15, 0.2) is 0 Å². The molecule has 1 N–H and O–H groups in total. The standard InChI is InChI=1S/C19H24N4O3/c1-4-26-19(25)16-13(2)17(21-14(16)3)18(24)23-11-9-22(10-12-23)15-5-7-20-8-6-15/h5-8,21H,4,9-12H2,1-3H3. The summed E-state index contributed by atoms with van der Waals surface area (Å²) in [6, 6.07) is 3.95. The molecule has 2 aromatic rings. The number of anilines is 1. The Morgan fingerprint density at radius 3 is 2.42 bits per heavy atom. The lowest BCUT2D eigenvalue weighted by Crippen LogP contribution is -2.49. The van der Waals surface area contributed by atoms with Crippen LogP contribution in [0, 0.1) is 13.8 Å². The number of hydrogen-bond donors (Lipinski definition) is 1. The number of carbonyl (C=O) groups excluding carboxylic acids is 2. The van der Waals surface area contributed by atoms with Gasteiger partial charge in [-0.25, -0.2) is 4.79 Å². The van der Waals surface area contributed by atoms with Crippen molar-refractivity contribution in [2.75, 3.05) is 37.7 Å². The Kier molecular flexibility index (Phi) is 5.25. The van der Waals surface area contributed by atoms with Crippen LogP contribution in [0.15, 0.2) is 24.5 Å². The van der Waals surface area contributed by atoms with Crippen LogP contribution in [0.5, 0.6) is 0 Å². The Labute approximate surface area is 153 Å². The Hall–Kier alpha value is -2.83. The molecule has 1 fully saturated rings. The number of ether oxygens (including phenoxy) is 1. The summed E-state index contributed by atoms with van der Waals surface area (Å²) in [7, 11) is 0. The molecule has 0 saturated carbocycles. The van der Waals surface area contributed by atoms with Crippen molar-refractivity contribution in [2.45, 2.75) is 20.8 Å². The molecule has 3 heterocycles. The number of piperazine rings is 1. The van der Waals surface area contributed by atoms with Crippen molar-refractivity contribution in [3.8, 4) is 0 Å². The molecule has 138 valence electrons. The van der Waals surface area contributed by atoms with Gasteiger partial charge in [0.25, 0.3) is 5.91 Å². The van der Waals surface area contributed by atoms with Crippen molar-refractivity contribution in [1.29, 1.82) is 0 Å². The third-order valence-electron chi connectivity index (χ3n) is 4.73. The van der Waals surface area contributed by atoms with Crippen LogP contribution in [0.3, 0.4) is 0 Å². The molecule has 7 heteroatoms. The van der Waals surface area contributed by atoms with Gasteiger partial charge in [0.2, 0.25) is 0 Å². The first-order valence-electron chi connectivity index (χ1n) is 8.83. The van der Waals surface area contributed by atoms with Crippen molar-refractivity contribution >= 4 is 17.6 Å². The van der Waals surface area contributed by atoms with Gasteiger partial charge in [-0.1, -0.05) is 0 Å². The minimum Gasteiger partial charge on any atom is -0.462 e. The average Bonchev–Trinajstić information content (AvgIpc) is 2.96. The Morgan fingerprint density at radius 1 is 1.15 bits per heavy atom. The number of nitrogens with one attached hydrogen (secondary N) is 1. The summed E-state index contributed by atoms with van der Waals surface area (Å²) < 4.78 is 5.10. The number of carbonyl (C=O) groups is 2. The van der Waals surface area contributed by atoms with Crippen molar-refractivity contribution < 1.29 is 14.3 Å². The number of amides is 1. The van der Waals surface area contributed by atoms with Gasteiger partial charge in [0.1, 0.15) is 5.69 Å². The number of esters is 1. The fourth-order valence-electron chi connectivity index (χ4n) is 3.35. The van der Waals surface area contributed by atoms with Crippen LogP contribution in [-0.2, 0) is 4.74 Å². The van der Waals surface area contributed by atoms with Gasteiger partial charge in [0, 0.05) is 50.0 Å². The minimum absolute atomic E-state index is 0.0736. The first-order chi connectivity index (χ1) is 12.5. The maximum atomic E-state index is 12.9. The summed E-state index contributed by atoms with van der Waals surface area (Å²) >= 11 is 0. The normalized spacial score (nSPS) is 14.4. The van der Waals surface area contributed by atoms with E-state index in [-0.39, 0.29) is 11.9 Å². The number of aryl methyl sites for hydroxylation is 1. The van der Waals surface area contributed by atoms with Crippen LogP contribution in [0.2, 0.25) is 0 Å². The van der Waals surface area contributed by atoms with Gasteiger partial charge < -0.3 is 19.5 Å². The topological polar surface area (TPSA) is 78.5 Å². The third-order valence-corrected chi connectivity index (χ3v) is 4.73. The number of hydrogen-bond acceptors (Lipinski definition) is 5. The van der Waals surface area contributed by atoms with Crippen LogP contribution in [0.4, 0.5) is 5.69 Å². The van der Waals surface area contributed by atoms with Gasteiger partial charge >= 0.3 is 5.97 Å². The first kappa shape index (κ1) is 18.0. The van der Waals surface area contributed by atoms with E-state index in [1.165, 1.54) is 0 Å². The first-order valence-corrected chi connectivity index (χ1v) is 8.83. The second kappa shape index (κ2) is 7.59. The SMILES string of the molecule is CCOC(=O)c1c(C)[nH]c(C(=O)N2CCN(c3ccncc3)CC2)c1C. The van der Waals surface area contributed by atoms with E-state index in [1.54, 1.807) is 33.2 Å². The summed E-state index contributed by atoms with van der Waals surface area (Å²) in [5, 5.41) is 0. The summed E-state index contributed by atoms with van der Waals surface area (Å²) in [6.07, 6.45) is 3.55. The summed E-state index contributed by atoms with van der Waals surface area (Å²) in [4.78, 5) is 36.2. The number of aromatic amines is 1. The van der Waals surface area contributed by atoms with Gasteiger partial charge in [-0.05, 0) is 38.5 Å². The predicted octanol–water partition coefficient (Wildman–Crippen LogP) is 2.17. The summed E-state index contributed by atoms with van der Waals surface area (Å²) in [5.74, 6) is -0.462. The average molecular weight is 356 g/mol. The van der Waals surface area contributed by atoms with E-state index in [0.717, 1.165) is 18.8 Å². The fraction of sp³-hybridized carbons (Fsp3) is 0.421. The Bertz CT molecular complexity index is 793. The quantitative estimate of drug-likeness (QED) is 0.850. The highest BCUT2D eigenvalue weighted by Crippen LogP contribution is 2.22. The molecule has 26 heavy (non-hydrogen) atoms. The highest BCUT2D eigenvalue weighted by molar-refractivity contribution is 6.00. The van der Waals surface area contributed by atoms with E-state index in [1.807, 2.05) is 17.0 Å². The third kappa shape index (κ3) is 3.42. The molecule has 0 aliphatic carbocycles. The lowest BCUT2D eigenvalue weighted by molar-refractivity contribution is 0.0525. The van der Waals surface area contributed by atoms with Crippen LogP contribution in [0.25, 0.3) is 0 Å². The van der Waals surface area contributed by atoms with E-state index >= 15 is 0 Å². The van der Waals surface area contributed by atoms with E-state index in [4.69, 9.17) is 4.74 Å². The molecule has 1 aliphatic rings. The largest absolute Gasteiger partial charge is 0.462 e. The zero-order valence-corrected chi connectivity index (χ0v) is 15.4. The molecule has 0 aromatic carbocycles. The molecule has 1 aliphatic heterocycles. The monoisotopic (exact) mass is 356 g/mol. The zero-order chi connectivity index (χ0) is 18.7. The summed E-state index contributed by atoms with van der Waals surface area (Å²) in [5.41, 5.74) is 3.37. The molecular weight excluding hydrogens is 332 g/mol.